The summed E-state index contributed by atoms with van der Waals surface area (Å²) in [6.07, 6.45) is 3.06. The summed E-state index contributed by atoms with van der Waals surface area (Å²) < 4.78 is 26.9. The molecule has 2 fully saturated rings. The molecule has 1 aliphatic carbocycles. The average molecular weight is 650 g/mol. The van der Waals surface area contributed by atoms with E-state index in [2.05, 4.69) is 81.4 Å². The molecular weight excluding hydrogens is 606 g/mol. The quantitative estimate of drug-likeness (QED) is 0.172. The van der Waals surface area contributed by atoms with Gasteiger partial charge in [-0.15, -0.1) is 0 Å². The summed E-state index contributed by atoms with van der Waals surface area (Å²) in [4.78, 5) is 28.1. The molecule has 0 aromatic heterocycles. The van der Waals surface area contributed by atoms with Gasteiger partial charge in [0.1, 0.15) is 18.5 Å². The molecule has 1 aliphatic heterocycles. The molecular formula is C40H44FNO4Si. The summed E-state index contributed by atoms with van der Waals surface area (Å²) in [6, 6.07) is 37.0. The molecule has 0 bridgehead atoms. The van der Waals surface area contributed by atoms with E-state index in [1.54, 1.807) is 12.1 Å². The van der Waals surface area contributed by atoms with Gasteiger partial charge in [0.05, 0.1) is 0 Å². The molecule has 2 atom stereocenters. The van der Waals surface area contributed by atoms with E-state index in [0.717, 1.165) is 36.8 Å². The number of cyclic esters (lactones) is 1. The normalized spacial score (nSPS) is 20.9. The van der Waals surface area contributed by atoms with Gasteiger partial charge in [0.25, 0.3) is 8.32 Å². The lowest BCUT2D eigenvalue weighted by Gasteiger charge is -2.46. The topological polar surface area (TPSA) is 55.8 Å². The maximum atomic E-state index is 14.0. The Bertz CT molecular complexity index is 1600. The van der Waals surface area contributed by atoms with Crippen molar-refractivity contribution in [2.75, 3.05) is 6.61 Å². The van der Waals surface area contributed by atoms with Crippen molar-refractivity contribution in [3.8, 4) is 0 Å². The second kappa shape index (κ2) is 14.0. The number of amides is 2. The molecule has 4 aromatic carbocycles. The Balaban J connectivity index is 1.24. The van der Waals surface area contributed by atoms with Crippen LogP contribution in [0.4, 0.5) is 9.18 Å². The van der Waals surface area contributed by atoms with Crippen LogP contribution in [0, 0.1) is 11.7 Å². The lowest BCUT2D eigenvalue weighted by Crippen LogP contribution is -2.67. The molecule has 6 rings (SSSR count). The fraction of sp³-hybridized carbons (Fsp3) is 0.350. The summed E-state index contributed by atoms with van der Waals surface area (Å²) >= 11 is 0. The fourth-order valence-corrected chi connectivity index (χ4v) is 12.5. The van der Waals surface area contributed by atoms with Gasteiger partial charge in [0.2, 0.25) is 5.91 Å². The van der Waals surface area contributed by atoms with Crippen LogP contribution in [0.15, 0.2) is 115 Å². The van der Waals surface area contributed by atoms with E-state index in [-0.39, 0.29) is 47.7 Å². The summed E-state index contributed by atoms with van der Waals surface area (Å²) in [5.74, 6) is -0.561. The first-order valence-corrected chi connectivity index (χ1v) is 18.7. The van der Waals surface area contributed by atoms with Crippen LogP contribution in [0.5, 0.6) is 0 Å². The zero-order chi connectivity index (χ0) is 33.0. The van der Waals surface area contributed by atoms with Crippen LogP contribution in [0.25, 0.3) is 0 Å². The Morgan fingerprint density at radius 1 is 0.830 bits per heavy atom. The fourth-order valence-electron chi connectivity index (χ4n) is 7.72. The minimum Gasteiger partial charge on any atom is -0.446 e. The predicted octanol–water partition coefficient (Wildman–Crippen LogP) is 8.15. The number of ether oxygens (including phenoxy) is 1. The number of imide groups is 1. The number of halogens is 1. The molecule has 1 saturated carbocycles. The largest absolute Gasteiger partial charge is 0.446 e. The van der Waals surface area contributed by atoms with Crippen molar-refractivity contribution in [1.29, 1.82) is 0 Å². The monoisotopic (exact) mass is 649 g/mol. The molecule has 7 heteroatoms. The Morgan fingerprint density at radius 3 is 1.89 bits per heavy atom. The first kappa shape index (κ1) is 32.9. The Labute approximate surface area is 278 Å². The van der Waals surface area contributed by atoms with Crippen LogP contribution in [0.1, 0.15) is 76.0 Å². The third-order valence-corrected chi connectivity index (χ3v) is 15.2. The van der Waals surface area contributed by atoms with Gasteiger partial charge in [-0.1, -0.05) is 124 Å². The number of carbonyl (C=O) groups is 2. The number of carbonyl (C=O) groups excluding carboxylic acids is 2. The Kier molecular flexibility index (Phi) is 9.76. The number of nitrogens with zero attached hydrogens (tertiary/aromatic N) is 1. The lowest BCUT2D eigenvalue weighted by atomic mass is 9.74. The van der Waals surface area contributed by atoms with E-state index in [1.807, 2.05) is 30.3 Å². The van der Waals surface area contributed by atoms with Crippen LogP contribution >= 0.6 is 0 Å². The summed E-state index contributed by atoms with van der Waals surface area (Å²) in [5, 5.41) is 2.41. The summed E-state index contributed by atoms with van der Waals surface area (Å²) in [6.45, 7) is 7.04. The predicted molar refractivity (Wildman–Crippen MR) is 186 cm³/mol. The Morgan fingerprint density at radius 2 is 1.36 bits per heavy atom. The molecule has 244 valence electrons. The van der Waals surface area contributed by atoms with Gasteiger partial charge in [-0.3, -0.25) is 4.79 Å². The molecule has 2 unspecified atom stereocenters. The average Bonchev–Trinajstić information content (AvgIpc) is 3.49. The van der Waals surface area contributed by atoms with Gasteiger partial charge >= 0.3 is 6.09 Å². The van der Waals surface area contributed by atoms with E-state index in [0.29, 0.717) is 0 Å². The molecule has 0 spiro atoms. The van der Waals surface area contributed by atoms with Gasteiger partial charge in [-0.25, -0.2) is 14.1 Å². The van der Waals surface area contributed by atoms with E-state index in [9.17, 15) is 14.0 Å². The summed E-state index contributed by atoms with van der Waals surface area (Å²) in [7, 11) is -2.70. The van der Waals surface area contributed by atoms with Crippen molar-refractivity contribution in [3.05, 3.63) is 132 Å². The van der Waals surface area contributed by atoms with Gasteiger partial charge in [-0.05, 0) is 76.2 Å². The maximum absolute atomic E-state index is 14.0. The van der Waals surface area contributed by atoms with Crippen molar-refractivity contribution in [1.82, 2.24) is 4.90 Å². The molecule has 47 heavy (non-hydrogen) atoms. The highest BCUT2D eigenvalue weighted by atomic mass is 28.4. The molecule has 1 saturated heterocycles. The molecule has 5 nitrogen and oxygen atoms in total. The minimum atomic E-state index is -2.70. The van der Waals surface area contributed by atoms with E-state index in [1.165, 1.54) is 27.4 Å². The van der Waals surface area contributed by atoms with Crippen LogP contribution in [0.3, 0.4) is 0 Å². The third-order valence-electron chi connectivity index (χ3n) is 10.1. The van der Waals surface area contributed by atoms with Gasteiger partial charge in [0, 0.05) is 12.5 Å². The second-order valence-electron chi connectivity index (χ2n) is 13.9. The van der Waals surface area contributed by atoms with Crippen LogP contribution < -0.4 is 10.4 Å². The number of hydrogen-bond donors (Lipinski definition) is 0. The van der Waals surface area contributed by atoms with Crippen LogP contribution in [-0.2, 0) is 14.0 Å². The third kappa shape index (κ3) is 6.83. The van der Waals surface area contributed by atoms with Crippen LogP contribution in [-0.4, -0.2) is 37.9 Å². The first-order valence-electron chi connectivity index (χ1n) is 16.8. The molecule has 2 amide bonds. The van der Waals surface area contributed by atoms with Crippen molar-refractivity contribution < 1.29 is 23.1 Å². The van der Waals surface area contributed by atoms with Crippen molar-refractivity contribution in [3.63, 3.8) is 0 Å². The zero-order valence-corrected chi connectivity index (χ0v) is 28.5. The van der Waals surface area contributed by atoms with Gasteiger partial charge in [0.15, 0.2) is 0 Å². The van der Waals surface area contributed by atoms with Crippen LogP contribution in [0.2, 0.25) is 5.04 Å². The zero-order valence-electron chi connectivity index (χ0n) is 27.5. The second-order valence-corrected chi connectivity index (χ2v) is 18.2. The van der Waals surface area contributed by atoms with E-state index in [4.69, 9.17) is 9.16 Å². The molecule has 0 radical (unpaired) electrons. The summed E-state index contributed by atoms with van der Waals surface area (Å²) in [5.41, 5.74) is 1.78. The number of hydrogen-bond acceptors (Lipinski definition) is 4. The standard InChI is InChI=1S/C40H44FNO4Si/c1-40(2,3)47(34-15-9-5-10-16-34,35-17-11-6-12-18-35)46-33-25-21-30(22-26-33)36(29-19-23-32(41)24-20-29)27-38(43)42-37(28-45-39(42)44)31-13-7-4-8-14-31/h4-20,23-24,30,33,36-37H,21-22,25-28H2,1-3H3. The Hall–Kier alpha value is -4.07. The lowest BCUT2D eigenvalue weighted by molar-refractivity contribution is -0.130. The maximum Gasteiger partial charge on any atom is 0.417 e. The highest BCUT2D eigenvalue weighted by molar-refractivity contribution is 6.99. The number of benzene rings is 4. The van der Waals surface area contributed by atoms with E-state index >= 15 is 0 Å². The van der Waals surface area contributed by atoms with E-state index < -0.39 is 20.5 Å². The SMILES string of the molecule is CC(C)(C)[Si](OC1CCC(C(CC(=O)N2C(=O)OCC2c2ccccc2)c2ccc(F)cc2)CC1)(c1ccccc1)c1ccccc1. The first-order chi connectivity index (χ1) is 22.7. The molecule has 4 aromatic rings. The highest BCUT2D eigenvalue weighted by Crippen LogP contribution is 2.44. The van der Waals surface area contributed by atoms with Gasteiger partial charge in [-0.2, -0.15) is 0 Å². The van der Waals surface area contributed by atoms with Crippen molar-refractivity contribution >= 4 is 30.7 Å². The number of rotatable bonds is 9. The van der Waals surface area contributed by atoms with Crippen molar-refractivity contribution in [2.45, 2.75) is 76.0 Å². The molecule has 0 N–H and O–H groups in total. The van der Waals surface area contributed by atoms with Gasteiger partial charge < -0.3 is 9.16 Å². The minimum absolute atomic E-state index is 0.0677. The van der Waals surface area contributed by atoms with Crippen molar-refractivity contribution in [2.24, 2.45) is 5.92 Å². The molecule has 2 aliphatic rings. The smallest absolute Gasteiger partial charge is 0.417 e. The highest BCUT2D eigenvalue weighted by Gasteiger charge is 2.52. The molecule has 1 heterocycles.